The molecule has 0 aliphatic carbocycles. The highest BCUT2D eigenvalue weighted by molar-refractivity contribution is 6.39. The Morgan fingerprint density at radius 3 is 2.29 bits per heavy atom. The van der Waals surface area contributed by atoms with Gasteiger partial charge in [0, 0.05) is 0 Å². The van der Waals surface area contributed by atoms with Crippen LogP contribution in [0, 0.1) is 0 Å². The summed E-state index contributed by atoms with van der Waals surface area (Å²) in [6.45, 7) is 3.89. The van der Waals surface area contributed by atoms with E-state index in [2.05, 4.69) is 15.8 Å². The van der Waals surface area contributed by atoms with Gasteiger partial charge in [0.1, 0.15) is 11.5 Å². The second-order valence-electron chi connectivity index (χ2n) is 6.92. The summed E-state index contributed by atoms with van der Waals surface area (Å²) < 4.78 is 10.8. The van der Waals surface area contributed by atoms with E-state index in [1.807, 2.05) is 6.92 Å². The van der Waals surface area contributed by atoms with Gasteiger partial charge in [-0.05, 0) is 67.9 Å². The summed E-state index contributed by atoms with van der Waals surface area (Å²) >= 11 is 6.02. The fourth-order valence-electron chi connectivity index (χ4n) is 2.83. The Labute approximate surface area is 201 Å². The summed E-state index contributed by atoms with van der Waals surface area (Å²) in [6, 6.07) is 19.9. The molecule has 0 bridgehead atoms. The van der Waals surface area contributed by atoms with Crippen molar-refractivity contribution in [1.82, 2.24) is 5.43 Å². The Morgan fingerprint density at radius 1 is 0.912 bits per heavy atom. The molecule has 9 heteroatoms. The molecule has 0 radical (unpaired) electrons. The van der Waals surface area contributed by atoms with Crippen molar-refractivity contribution in [3.8, 4) is 11.5 Å². The largest absolute Gasteiger partial charge is 0.492 e. The van der Waals surface area contributed by atoms with Gasteiger partial charge in [-0.25, -0.2) is 10.2 Å². The monoisotopic (exact) mass is 479 g/mol. The van der Waals surface area contributed by atoms with Crippen molar-refractivity contribution in [2.45, 2.75) is 13.8 Å². The van der Waals surface area contributed by atoms with Gasteiger partial charge in [-0.3, -0.25) is 9.59 Å². The first-order valence-electron chi connectivity index (χ1n) is 10.3. The molecule has 0 aromatic heterocycles. The van der Waals surface area contributed by atoms with Crippen molar-refractivity contribution in [3.63, 3.8) is 0 Å². The normalized spacial score (nSPS) is 10.9. The predicted molar refractivity (Wildman–Crippen MR) is 129 cm³/mol. The molecule has 3 rings (SSSR count). The minimum Gasteiger partial charge on any atom is -0.492 e. The molecule has 0 heterocycles. The zero-order valence-corrected chi connectivity index (χ0v) is 19.3. The smallest absolute Gasteiger partial charge is 0.345 e. The Kier molecular flexibility index (Phi) is 8.37. The molecule has 0 unspecified atom stereocenters. The number of halogens is 1. The summed E-state index contributed by atoms with van der Waals surface area (Å²) in [4.78, 5) is 36.6. The number of hydrazone groups is 1. The number of carbonyl (C=O) groups excluding carboxylic acids is 3. The maximum absolute atomic E-state index is 12.3. The van der Waals surface area contributed by atoms with E-state index in [9.17, 15) is 14.4 Å². The number of anilines is 1. The second-order valence-corrected chi connectivity index (χ2v) is 7.32. The van der Waals surface area contributed by atoms with Crippen molar-refractivity contribution < 1.29 is 23.9 Å². The average molecular weight is 480 g/mol. The van der Waals surface area contributed by atoms with E-state index < -0.39 is 17.8 Å². The highest BCUT2D eigenvalue weighted by atomic mass is 35.5. The van der Waals surface area contributed by atoms with Crippen molar-refractivity contribution in [1.29, 1.82) is 0 Å². The van der Waals surface area contributed by atoms with E-state index >= 15 is 0 Å². The van der Waals surface area contributed by atoms with Gasteiger partial charge in [-0.15, -0.1) is 0 Å². The lowest BCUT2D eigenvalue weighted by atomic mass is 10.1. The zero-order chi connectivity index (χ0) is 24.5. The lowest BCUT2D eigenvalue weighted by Crippen LogP contribution is -2.33. The molecule has 0 fully saturated rings. The maximum atomic E-state index is 12.3. The number of nitrogens with one attached hydrogen (secondary N) is 2. The second kappa shape index (κ2) is 11.6. The van der Waals surface area contributed by atoms with Crippen LogP contribution >= 0.6 is 11.6 Å². The fourth-order valence-corrected chi connectivity index (χ4v) is 3.05. The number of nitrogens with zero attached hydrogens (tertiary/aromatic N) is 1. The van der Waals surface area contributed by atoms with Crippen LogP contribution in [0.1, 0.15) is 29.8 Å². The van der Waals surface area contributed by atoms with Crippen LogP contribution < -0.4 is 20.2 Å². The number of para-hydroxylation sites is 2. The number of benzene rings is 3. The van der Waals surface area contributed by atoms with E-state index in [0.717, 1.165) is 0 Å². The van der Waals surface area contributed by atoms with Gasteiger partial charge < -0.3 is 14.8 Å². The third-order valence-corrected chi connectivity index (χ3v) is 4.87. The molecule has 0 saturated carbocycles. The zero-order valence-electron chi connectivity index (χ0n) is 18.5. The summed E-state index contributed by atoms with van der Waals surface area (Å²) in [7, 11) is 0. The highest BCUT2D eigenvalue weighted by Gasteiger charge is 2.16. The molecular formula is C25H22ClN3O5. The molecule has 0 aliphatic heterocycles. The van der Waals surface area contributed by atoms with Crippen LogP contribution in [0.4, 0.5) is 5.69 Å². The van der Waals surface area contributed by atoms with E-state index in [4.69, 9.17) is 21.1 Å². The van der Waals surface area contributed by atoms with Gasteiger partial charge in [-0.2, -0.15) is 5.10 Å². The van der Waals surface area contributed by atoms with Crippen LogP contribution in [0.15, 0.2) is 77.9 Å². The van der Waals surface area contributed by atoms with Gasteiger partial charge in [0.2, 0.25) is 0 Å². The van der Waals surface area contributed by atoms with Crippen LogP contribution in [-0.4, -0.2) is 30.1 Å². The van der Waals surface area contributed by atoms with Crippen molar-refractivity contribution in [2.24, 2.45) is 5.10 Å². The molecule has 174 valence electrons. The topological polar surface area (TPSA) is 106 Å². The lowest BCUT2D eigenvalue weighted by Gasteiger charge is -2.10. The Bertz CT molecular complexity index is 1230. The quantitative estimate of drug-likeness (QED) is 0.171. The molecule has 0 saturated heterocycles. The lowest BCUT2D eigenvalue weighted by molar-refractivity contribution is -0.136. The summed E-state index contributed by atoms with van der Waals surface area (Å²) in [5, 5.41) is 6.76. The summed E-state index contributed by atoms with van der Waals surface area (Å²) in [6.07, 6.45) is 0. The van der Waals surface area contributed by atoms with Crippen LogP contribution in [0.3, 0.4) is 0 Å². The van der Waals surface area contributed by atoms with E-state index in [1.54, 1.807) is 79.7 Å². The summed E-state index contributed by atoms with van der Waals surface area (Å²) in [5.41, 5.74) is 3.96. The molecule has 0 atom stereocenters. The molecule has 0 aliphatic rings. The fraction of sp³-hybridized carbons (Fsp3) is 0.120. The van der Waals surface area contributed by atoms with E-state index in [-0.39, 0.29) is 5.56 Å². The van der Waals surface area contributed by atoms with E-state index in [0.29, 0.717) is 40.1 Å². The third kappa shape index (κ3) is 6.43. The molecule has 3 aromatic carbocycles. The minimum absolute atomic E-state index is 0.260. The van der Waals surface area contributed by atoms with Gasteiger partial charge in [0.25, 0.3) is 0 Å². The highest BCUT2D eigenvalue weighted by Crippen LogP contribution is 2.23. The molecule has 34 heavy (non-hydrogen) atoms. The number of hydrogen-bond acceptors (Lipinski definition) is 6. The van der Waals surface area contributed by atoms with Crippen LogP contribution in [-0.2, 0) is 9.59 Å². The maximum Gasteiger partial charge on any atom is 0.345 e. The SMILES string of the molecule is CCOc1ccccc1NC(=O)C(=O)N/N=C(\C)c1ccc(OC(=O)c2ccccc2Cl)cc1. The van der Waals surface area contributed by atoms with Crippen molar-refractivity contribution in [3.05, 3.63) is 88.9 Å². The number of carbonyl (C=O) groups is 3. The number of hydrogen-bond donors (Lipinski definition) is 2. The van der Waals surface area contributed by atoms with Crippen LogP contribution in [0.25, 0.3) is 0 Å². The molecule has 2 N–H and O–H groups in total. The molecule has 3 aromatic rings. The van der Waals surface area contributed by atoms with Crippen LogP contribution in [0.2, 0.25) is 5.02 Å². The molecule has 8 nitrogen and oxygen atoms in total. The first-order valence-corrected chi connectivity index (χ1v) is 10.7. The van der Waals surface area contributed by atoms with Crippen LogP contribution in [0.5, 0.6) is 11.5 Å². The van der Waals surface area contributed by atoms with Gasteiger partial charge in [0.15, 0.2) is 0 Å². The van der Waals surface area contributed by atoms with Gasteiger partial charge in [-0.1, -0.05) is 35.9 Å². The van der Waals surface area contributed by atoms with Gasteiger partial charge in [0.05, 0.1) is 28.6 Å². The predicted octanol–water partition coefficient (Wildman–Crippen LogP) is 4.44. The molecular weight excluding hydrogens is 458 g/mol. The number of rotatable bonds is 7. The van der Waals surface area contributed by atoms with Crippen molar-refractivity contribution in [2.75, 3.05) is 11.9 Å². The first kappa shape index (κ1) is 24.5. The standard InChI is InChI=1S/C25H22ClN3O5/c1-3-33-22-11-7-6-10-21(22)27-23(30)24(31)29-28-16(2)17-12-14-18(15-13-17)34-25(32)19-8-4-5-9-20(19)26/h4-15H,3H2,1-2H3,(H,27,30)(H,29,31)/b28-16+. The number of esters is 1. The summed E-state index contributed by atoms with van der Waals surface area (Å²) in [5.74, 6) is -1.62. The van der Waals surface area contributed by atoms with Gasteiger partial charge >= 0.3 is 17.8 Å². The number of amides is 2. The van der Waals surface area contributed by atoms with E-state index in [1.165, 1.54) is 0 Å². The molecule has 0 spiro atoms. The van der Waals surface area contributed by atoms with Crippen molar-refractivity contribution >= 4 is 40.8 Å². The molecule has 2 amide bonds. The third-order valence-electron chi connectivity index (χ3n) is 4.54. The number of ether oxygens (including phenoxy) is 2. The first-order chi connectivity index (χ1) is 16.4. The average Bonchev–Trinajstić information content (AvgIpc) is 2.84. The Morgan fingerprint density at radius 2 is 1.59 bits per heavy atom. The Hall–Kier alpha value is -4.17. The minimum atomic E-state index is -0.934. The Balaban J connectivity index is 1.58.